The van der Waals surface area contributed by atoms with Gasteiger partial charge in [-0.1, -0.05) is 0 Å². The summed E-state index contributed by atoms with van der Waals surface area (Å²) in [7, 11) is -3.87. The van der Waals surface area contributed by atoms with Gasteiger partial charge in [0.2, 0.25) is 5.03 Å². The molecule has 9 heteroatoms. The van der Waals surface area contributed by atoms with Gasteiger partial charge in [0.05, 0.1) is 5.69 Å². The first kappa shape index (κ1) is 14.7. The summed E-state index contributed by atoms with van der Waals surface area (Å²) in [5.74, 6) is 5.49. The Hall–Kier alpha value is -1.71. The van der Waals surface area contributed by atoms with Gasteiger partial charge in [-0.25, -0.2) is 9.97 Å². The second-order valence-corrected chi connectivity index (χ2v) is 6.38. The number of nitrogens with one attached hydrogen (secondary N) is 2. The number of aryl methyl sites for hydroxylation is 1. The lowest BCUT2D eigenvalue weighted by Crippen LogP contribution is -2.19. The molecule has 2 rings (SSSR count). The average Bonchev–Trinajstić information content (AvgIpc) is 2.42. The van der Waals surface area contributed by atoms with Crippen LogP contribution in [0.25, 0.3) is 0 Å². The maximum atomic E-state index is 12.3. The summed E-state index contributed by atoms with van der Waals surface area (Å²) >= 11 is 3.30. The van der Waals surface area contributed by atoms with Crippen molar-refractivity contribution < 1.29 is 8.42 Å². The van der Waals surface area contributed by atoms with E-state index < -0.39 is 10.0 Å². The zero-order valence-corrected chi connectivity index (χ0v) is 12.9. The van der Waals surface area contributed by atoms with E-state index in [1.54, 1.807) is 12.1 Å². The zero-order valence-electron chi connectivity index (χ0n) is 10.5. The van der Waals surface area contributed by atoms with Crippen LogP contribution in [0.3, 0.4) is 0 Å². The van der Waals surface area contributed by atoms with E-state index in [2.05, 4.69) is 36.0 Å². The van der Waals surface area contributed by atoms with Gasteiger partial charge >= 0.3 is 0 Å². The molecule has 2 aromatic heterocycles. The molecule has 7 nitrogen and oxygen atoms in total. The van der Waals surface area contributed by atoms with Crippen LogP contribution in [0.2, 0.25) is 0 Å². The summed E-state index contributed by atoms with van der Waals surface area (Å²) in [5, 5.41) is -0.190. The van der Waals surface area contributed by atoms with Gasteiger partial charge in [0.15, 0.2) is 0 Å². The van der Waals surface area contributed by atoms with Gasteiger partial charge in [0.25, 0.3) is 10.0 Å². The summed E-state index contributed by atoms with van der Waals surface area (Å²) in [4.78, 5) is 7.82. The molecule has 20 heavy (non-hydrogen) atoms. The first-order valence-electron chi connectivity index (χ1n) is 5.50. The number of hydrogen-bond donors (Lipinski definition) is 3. The number of anilines is 2. The summed E-state index contributed by atoms with van der Waals surface area (Å²) in [6.45, 7) is 1.83. The Morgan fingerprint density at radius 2 is 2.10 bits per heavy atom. The van der Waals surface area contributed by atoms with Crippen LogP contribution in [-0.4, -0.2) is 18.4 Å². The highest BCUT2D eigenvalue weighted by molar-refractivity contribution is 9.10. The number of rotatable bonds is 4. The van der Waals surface area contributed by atoms with E-state index in [0.717, 1.165) is 10.0 Å². The van der Waals surface area contributed by atoms with Crippen LogP contribution in [0, 0.1) is 6.92 Å². The van der Waals surface area contributed by atoms with Crippen LogP contribution in [0.15, 0.2) is 40.1 Å². The Labute approximate surface area is 124 Å². The fourth-order valence-electron chi connectivity index (χ4n) is 1.50. The minimum Gasteiger partial charge on any atom is -0.321 e. The molecular formula is C11H12BrN5O2S. The van der Waals surface area contributed by atoms with Gasteiger partial charge < -0.3 is 5.43 Å². The van der Waals surface area contributed by atoms with E-state index in [-0.39, 0.29) is 16.5 Å². The first-order chi connectivity index (χ1) is 9.44. The number of hydrazine groups is 1. The van der Waals surface area contributed by atoms with Crippen molar-refractivity contribution in [2.75, 3.05) is 10.1 Å². The molecular weight excluding hydrogens is 346 g/mol. The topological polar surface area (TPSA) is 110 Å². The highest BCUT2D eigenvalue weighted by Crippen LogP contribution is 2.22. The fourth-order valence-corrected chi connectivity index (χ4v) is 2.81. The van der Waals surface area contributed by atoms with Gasteiger partial charge in [-0.2, -0.15) is 8.42 Å². The average molecular weight is 358 g/mol. The molecule has 0 fully saturated rings. The second kappa shape index (κ2) is 5.73. The summed E-state index contributed by atoms with van der Waals surface area (Å²) in [6.07, 6.45) is 2.89. The summed E-state index contributed by atoms with van der Waals surface area (Å²) < 4.78 is 27.7. The first-order valence-corrected chi connectivity index (χ1v) is 7.78. The molecule has 0 amide bonds. The van der Waals surface area contributed by atoms with Crippen molar-refractivity contribution >= 4 is 37.5 Å². The van der Waals surface area contributed by atoms with E-state index >= 15 is 0 Å². The third kappa shape index (κ3) is 3.06. The molecule has 106 valence electrons. The van der Waals surface area contributed by atoms with Crippen LogP contribution < -0.4 is 16.0 Å². The van der Waals surface area contributed by atoms with Crippen molar-refractivity contribution in [2.45, 2.75) is 11.9 Å². The predicted molar refractivity (Wildman–Crippen MR) is 79.5 cm³/mol. The molecule has 0 radical (unpaired) electrons. The van der Waals surface area contributed by atoms with E-state index in [1.165, 1.54) is 18.5 Å². The third-order valence-electron chi connectivity index (χ3n) is 2.47. The van der Waals surface area contributed by atoms with Gasteiger partial charge in [0.1, 0.15) is 5.82 Å². The molecule has 0 aliphatic heterocycles. The number of nitrogens with two attached hydrogens (primary N) is 1. The lowest BCUT2D eigenvalue weighted by Gasteiger charge is -2.10. The molecule has 0 aromatic carbocycles. The number of sulfonamides is 1. The Balaban J connectivity index is 2.38. The quantitative estimate of drug-likeness (QED) is 0.566. The number of nitrogen functional groups attached to an aromatic ring is 1. The van der Waals surface area contributed by atoms with Gasteiger partial charge in [-0.05, 0) is 46.6 Å². The Morgan fingerprint density at radius 3 is 2.75 bits per heavy atom. The molecule has 2 aromatic rings. The molecule has 0 aliphatic rings. The minimum absolute atomic E-state index is 0.190. The molecule has 0 unspecified atom stereocenters. The Kier molecular flexibility index (Phi) is 4.21. The number of hydrogen-bond acceptors (Lipinski definition) is 6. The second-order valence-electron chi connectivity index (χ2n) is 3.92. The van der Waals surface area contributed by atoms with Crippen molar-refractivity contribution in [1.82, 2.24) is 9.97 Å². The van der Waals surface area contributed by atoms with Crippen molar-refractivity contribution in [2.24, 2.45) is 5.84 Å². The SMILES string of the molecule is Cc1cc(NS(=O)(=O)c2ncccc2NN)ncc1Br. The van der Waals surface area contributed by atoms with Crippen molar-refractivity contribution in [3.63, 3.8) is 0 Å². The molecule has 0 saturated carbocycles. The van der Waals surface area contributed by atoms with Crippen LogP contribution in [-0.2, 0) is 10.0 Å². The predicted octanol–water partition coefficient (Wildman–Crippen LogP) is 1.63. The van der Waals surface area contributed by atoms with Gasteiger partial charge in [0, 0.05) is 16.9 Å². The summed E-state index contributed by atoms with van der Waals surface area (Å²) in [5.41, 5.74) is 3.36. The monoisotopic (exact) mass is 357 g/mol. The smallest absolute Gasteiger partial charge is 0.282 e. The van der Waals surface area contributed by atoms with E-state index in [4.69, 9.17) is 5.84 Å². The standard InChI is InChI=1S/C11H12BrN5O2S/c1-7-5-10(15-6-8(7)12)17-20(18,19)11-9(16-13)3-2-4-14-11/h2-6,16H,13H2,1H3,(H,15,17). The largest absolute Gasteiger partial charge is 0.321 e. The van der Waals surface area contributed by atoms with Crippen LogP contribution in [0.1, 0.15) is 5.56 Å². The van der Waals surface area contributed by atoms with Crippen LogP contribution in [0.5, 0.6) is 0 Å². The highest BCUT2D eigenvalue weighted by Gasteiger charge is 2.20. The number of halogens is 1. The summed E-state index contributed by atoms with van der Waals surface area (Å²) in [6, 6.07) is 4.71. The normalized spacial score (nSPS) is 11.2. The maximum Gasteiger partial charge on any atom is 0.282 e. The molecule has 0 spiro atoms. The highest BCUT2D eigenvalue weighted by atomic mass is 79.9. The Bertz CT molecular complexity index is 735. The molecule has 4 N–H and O–H groups in total. The van der Waals surface area contributed by atoms with E-state index in [0.29, 0.717) is 0 Å². The molecule has 0 saturated heterocycles. The lowest BCUT2D eigenvalue weighted by atomic mass is 10.3. The molecule has 2 heterocycles. The maximum absolute atomic E-state index is 12.3. The van der Waals surface area contributed by atoms with Crippen molar-refractivity contribution in [3.8, 4) is 0 Å². The number of nitrogens with zero attached hydrogens (tertiary/aromatic N) is 2. The van der Waals surface area contributed by atoms with Gasteiger partial charge in [-0.15, -0.1) is 0 Å². The molecule has 0 aliphatic carbocycles. The van der Waals surface area contributed by atoms with Crippen molar-refractivity contribution in [1.29, 1.82) is 0 Å². The third-order valence-corrected chi connectivity index (χ3v) is 4.61. The lowest BCUT2D eigenvalue weighted by molar-refractivity contribution is 0.597. The van der Waals surface area contributed by atoms with Crippen molar-refractivity contribution in [3.05, 3.63) is 40.6 Å². The zero-order chi connectivity index (χ0) is 14.8. The fraction of sp³-hybridized carbons (Fsp3) is 0.0909. The van der Waals surface area contributed by atoms with E-state index in [9.17, 15) is 8.42 Å². The van der Waals surface area contributed by atoms with E-state index in [1.807, 2.05) is 6.92 Å². The molecule has 0 bridgehead atoms. The Morgan fingerprint density at radius 1 is 1.35 bits per heavy atom. The van der Waals surface area contributed by atoms with Crippen LogP contribution in [0.4, 0.5) is 11.5 Å². The molecule has 0 atom stereocenters. The number of pyridine rings is 2. The van der Waals surface area contributed by atoms with Gasteiger partial charge in [-0.3, -0.25) is 10.6 Å². The minimum atomic E-state index is -3.87. The van der Waals surface area contributed by atoms with Crippen LogP contribution >= 0.6 is 15.9 Å². The number of aromatic nitrogens is 2.